The van der Waals surface area contributed by atoms with Crippen LogP contribution in [-0.2, 0) is 9.53 Å². The van der Waals surface area contributed by atoms with Gasteiger partial charge in [-0.25, -0.2) is 0 Å². The second-order valence-corrected chi connectivity index (χ2v) is 3.62. The lowest BCUT2D eigenvalue weighted by Gasteiger charge is -2.09. The molecule has 2 nitrogen and oxygen atoms in total. The van der Waals surface area contributed by atoms with E-state index in [0.717, 1.165) is 19.3 Å². The van der Waals surface area contributed by atoms with E-state index < -0.39 is 0 Å². The van der Waals surface area contributed by atoms with Gasteiger partial charge in [-0.2, -0.15) is 0 Å². The first-order valence-electron chi connectivity index (χ1n) is 5.08. The molecule has 0 aromatic rings. The number of hydrogen-bond donors (Lipinski definition) is 0. The molecule has 0 amide bonds. The Kier molecular flexibility index (Phi) is 4.00. The van der Waals surface area contributed by atoms with E-state index in [4.69, 9.17) is 4.74 Å². The normalized spacial score (nSPS) is 23.2. The summed E-state index contributed by atoms with van der Waals surface area (Å²) in [6.07, 6.45) is 6.51. The fraction of sp³-hybridized carbons (Fsp3) is 0.727. The van der Waals surface area contributed by atoms with Crippen molar-refractivity contribution in [2.75, 3.05) is 6.61 Å². The Morgan fingerprint density at radius 1 is 1.62 bits per heavy atom. The van der Waals surface area contributed by atoms with Crippen molar-refractivity contribution in [2.24, 2.45) is 5.92 Å². The van der Waals surface area contributed by atoms with Crippen LogP contribution in [0.1, 0.15) is 39.5 Å². The van der Waals surface area contributed by atoms with E-state index in [9.17, 15) is 4.79 Å². The zero-order valence-electron chi connectivity index (χ0n) is 8.51. The molecule has 2 heteroatoms. The van der Waals surface area contributed by atoms with E-state index >= 15 is 0 Å². The van der Waals surface area contributed by atoms with Crippen LogP contribution in [0.2, 0.25) is 0 Å². The summed E-state index contributed by atoms with van der Waals surface area (Å²) in [7, 11) is 0. The molecule has 0 radical (unpaired) electrons. The topological polar surface area (TPSA) is 26.3 Å². The van der Waals surface area contributed by atoms with Gasteiger partial charge in [0.1, 0.15) is 0 Å². The van der Waals surface area contributed by atoms with Crippen molar-refractivity contribution in [3.63, 3.8) is 0 Å². The van der Waals surface area contributed by atoms with Crippen molar-refractivity contribution in [1.29, 1.82) is 0 Å². The third-order valence-corrected chi connectivity index (χ3v) is 2.41. The monoisotopic (exact) mass is 182 g/mol. The zero-order valence-corrected chi connectivity index (χ0v) is 8.51. The Bertz CT molecular complexity index is 206. The fourth-order valence-corrected chi connectivity index (χ4v) is 1.71. The average Bonchev–Trinajstić information content (AvgIpc) is 2.30. The Morgan fingerprint density at radius 3 is 3.08 bits per heavy atom. The molecule has 0 bridgehead atoms. The highest BCUT2D eigenvalue weighted by molar-refractivity contribution is 5.74. The predicted octanol–water partition coefficient (Wildman–Crippen LogP) is 2.69. The van der Waals surface area contributed by atoms with Crippen LogP contribution < -0.4 is 0 Å². The molecule has 0 aromatic heterocycles. The highest BCUT2D eigenvalue weighted by Crippen LogP contribution is 2.22. The average molecular weight is 182 g/mol. The SMILES string of the molecule is CCOC(=O)C1C=C(C)CCCC1. The molecule has 1 aliphatic carbocycles. The third-order valence-electron chi connectivity index (χ3n) is 2.41. The molecular formula is C11H18O2. The Balaban J connectivity index is 2.56. The van der Waals surface area contributed by atoms with E-state index in [1.54, 1.807) is 0 Å². The number of allylic oxidation sites excluding steroid dienone is 1. The van der Waals surface area contributed by atoms with Gasteiger partial charge in [0.05, 0.1) is 12.5 Å². The molecular weight excluding hydrogens is 164 g/mol. The maximum absolute atomic E-state index is 11.4. The number of rotatable bonds is 2. The molecule has 1 unspecified atom stereocenters. The first kappa shape index (κ1) is 10.3. The first-order chi connectivity index (χ1) is 6.24. The number of esters is 1. The van der Waals surface area contributed by atoms with Crippen LogP contribution in [0.3, 0.4) is 0 Å². The van der Waals surface area contributed by atoms with Gasteiger partial charge in [-0.3, -0.25) is 4.79 Å². The van der Waals surface area contributed by atoms with E-state index in [1.807, 2.05) is 6.92 Å². The van der Waals surface area contributed by atoms with Gasteiger partial charge in [-0.15, -0.1) is 0 Å². The summed E-state index contributed by atoms with van der Waals surface area (Å²) in [5.74, 6) is -0.0359. The van der Waals surface area contributed by atoms with Gasteiger partial charge in [-0.05, 0) is 33.1 Å². The van der Waals surface area contributed by atoms with Gasteiger partial charge in [0.15, 0.2) is 0 Å². The highest BCUT2D eigenvalue weighted by Gasteiger charge is 2.18. The lowest BCUT2D eigenvalue weighted by Crippen LogP contribution is -2.15. The fourth-order valence-electron chi connectivity index (χ4n) is 1.71. The van der Waals surface area contributed by atoms with Crippen LogP contribution in [0.5, 0.6) is 0 Å². The summed E-state index contributed by atoms with van der Waals surface area (Å²) in [5, 5.41) is 0. The first-order valence-corrected chi connectivity index (χ1v) is 5.08. The number of ether oxygens (including phenoxy) is 1. The number of carbonyl (C=O) groups excluding carboxylic acids is 1. The summed E-state index contributed by atoms with van der Waals surface area (Å²) in [5.41, 5.74) is 1.33. The standard InChI is InChI=1S/C11H18O2/c1-3-13-11(12)10-7-5-4-6-9(2)8-10/h8,10H,3-7H2,1-2H3. The molecule has 0 saturated carbocycles. The smallest absolute Gasteiger partial charge is 0.312 e. The number of carbonyl (C=O) groups is 1. The van der Waals surface area contributed by atoms with Crippen LogP contribution in [0.25, 0.3) is 0 Å². The molecule has 0 aliphatic heterocycles. The molecule has 1 atom stereocenters. The largest absolute Gasteiger partial charge is 0.466 e. The quantitative estimate of drug-likeness (QED) is 0.485. The van der Waals surface area contributed by atoms with Crippen molar-refractivity contribution in [1.82, 2.24) is 0 Å². The van der Waals surface area contributed by atoms with Crippen molar-refractivity contribution in [3.05, 3.63) is 11.6 Å². The molecule has 13 heavy (non-hydrogen) atoms. The lowest BCUT2D eigenvalue weighted by atomic mass is 10.0. The Morgan fingerprint density at radius 2 is 2.38 bits per heavy atom. The Labute approximate surface area is 80.0 Å². The maximum atomic E-state index is 11.4. The minimum absolute atomic E-state index is 0.0162. The van der Waals surface area contributed by atoms with Crippen molar-refractivity contribution < 1.29 is 9.53 Å². The van der Waals surface area contributed by atoms with Crippen LogP contribution in [0, 0.1) is 5.92 Å². The van der Waals surface area contributed by atoms with Gasteiger partial charge in [0.25, 0.3) is 0 Å². The minimum Gasteiger partial charge on any atom is -0.466 e. The molecule has 1 rings (SSSR count). The molecule has 0 fully saturated rings. The van der Waals surface area contributed by atoms with E-state index in [0.29, 0.717) is 6.61 Å². The maximum Gasteiger partial charge on any atom is 0.312 e. The lowest BCUT2D eigenvalue weighted by molar-refractivity contribution is -0.146. The van der Waals surface area contributed by atoms with Crippen molar-refractivity contribution in [2.45, 2.75) is 39.5 Å². The zero-order chi connectivity index (χ0) is 9.68. The van der Waals surface area contributed by atoms with Crippen LogP contribution >= 0.6 is 0 Å². The summed E-state index contributed by atoms with van der Waals surface area (Å²) in [6.45, 7) is 4.44. The van der Waals surface area contributed by atoms with E-state index in [1.165, 1.54) is 12.0 Å². The van der Waals surface area contributed by atoms with Gasteiger partial charge < -0.3 is 4.74 Å². The van der Waals surface area contributed by atoms with Gasteiger partial charge in [-0.1, -0.05) is 18.1 Å². The van der Waals surface area contributed by atoms with Gasteiger partial charge in [0, 0.05) is 0 Å². The molecule has 0 N–H and O–H groups in total. The second-order valence-electron chi connectivity index (χ2n) is 3.62. The van der Waals surface area contributed by atoms with Crippen molar-refractivity contribution in [3.8, 4) is 0 Å². The summed E-state index contributed by atoms with van der Waals surface area (Å²) < 4.78 is 5.00. The summed E-state index contributed by atoms with van der Waals surface area (Å²) >= 11 is 0. The molecule has 0 saturated heterocycles. The Hall–Kier alpha value is -0.790. The summed E-state index contributed by atoms with van der Waals surface area (Å²) in [4.78, 5) is 11.4. The molecule has 0 heterocycles. The van der Waals surface area contributed by atoms with Gasteiger partial charge >= 0.3 is 5.97 Å². The van der Waals surface area contributed by atoms with Gasteiger partial charge in [0.2, 0.25) is 0 Å². The van der Waals surface area contributed by atoms with Crippen LogP contribution in [0.15, 0.2) is 11.6 Å². The molecule has 0 aromatic carbocycles. The minimum atomic E-state index is -0.0521. The third kappa shape index (κ3) is 3.21. The van der Waals surface area contributed by atoms with E-state index in [2.05, 4.69) is 13.0 Å². The second kappa shape index (κ2) is 5.05. The number of hydrogen-bond acceptors (Lipinski definition) is 2. The molecule has 1 aliphatic rings. The van der Waals surface area contributed by atoms with Crippen LogP contribution in [0.4, 0.5) is 0 Å². The predicted molar refractivity (Wildman–Crippen MR) is 52.3 cm³/mol. The van der Waals surface area contributed by atoms with Crippen molar-refractivity contribution >= 4 is 5.97 Å². The van der Waals surface area contributed by atoms with Crippen LogP contribution in [-0.4, -0.2) is 12.6 Å². The molecule has 0 spiro atoms. The molecule has 74 valence electrons. The summed E-state index contributed by atoms with van der Waals surface area (Å²) in [6, 6.07) is 0. The highest BCUT2D eigenvalue weighted by atomic mass is 16.5. The van der Waals surface area contributed by atoms with E-state index in [-0.39, 0.29) is 11.9 Å².